The second kappa shape index (κ2) is 9.14. The van der Waals surface area contributed by atoms with Crippen LogP contribution in [0.25, 0.3) is 0 Å². The van der Waals surface area contributed by atoms with Crippen molar-refractivity contribution < 1.29 is 8.42 Å². The van der Waals surface area contributed by atoms with Crippen LogP contribution >= 0.6 is 0 Å². The molecule has 126 valence electrons. The number of hydrogen-bond acceptors (Lipinski definition) is 3. The smallest absolute Gasteiger partial charge is 0.150 e. The zero-order valence-corrected chi connectivity index (χ0v) is 15.1. The molecule has 0 aromatic rings. The predicted molar refractivity (Wildman–Crippen MR) is 91.4 cm³/mol. The van der Waals surface area contributed by atoms with Crippen LogP contribution in [-0.4, -0.2) is 33.5 Å². The molecule has 0 atom stereocenters. The Kier molecular flexibility index (Phi) is 8.25. The molecule has 0 heterocycles. The highest BCUT2D eigenvalue weighted by atomic mass is 32.2. The Balaban J connectivity index is 2.53. The Bertz CT molecular complexity index is 370. The molecule has 0 saturated heterocycles. The quantitative estimate of drug-likeness (QED) is 0.667. The first-order valence-corrected chi connectivity index (χ1v) is 10.6. The van der Waals surface area contributed by atoms with E-state index >= 15 is 0 Å². The molecule has 0 radical (unpaired) electrons. The van der Waals surface area contributed by atoms with Gasteiger partial charge in [0.25, 0.3) is 0 Å². The zero-order chi connectivity index (χ0) is 15.8. The first-order chi connectivity index (χ1) is 9.97. The van der Waals surface area contributed by atoms with Gasteiger partial charge in [-0.2, -0.15) is 0 Å². The predicted octanol–water partition coefficient (Wildman–Crippen LogP) is 3.79. The molecule has 1 N–H and O–H groups in total. The van der Waals surface area contributed by atoms with Crippen molar-refractivity contribution in [1.29, 1.82) is 0 Å². The summed E-state index contributed by atoms with van der Waals surface area (Å²) in [5, 5.41) is 3.31. The Hall–Kier alpha value is -0.0900. The molecule has 0 aromatic heterocycles. The van der Waals surface area contributed by atoms with E-state index in [4.69, 9.17) is 0 Å². The van der Waals surface area contributed by atoms with Gasteiger partial charge >= 0.3 is 0 Å². The zero-order valence-electron chi connectivity index (χ0n) is 14.3. The average molecular weight is 318 g/mol. The lowest BCUT2D eigenvalue weighted by molar-refractivity contribution is 0.137. The van der Waals surface area contributed by atoms with Crippen LogP contribution in [0, 0.1) is 11.3 Å². The molecule has 1 aliphatic rings. The summed E-state index contributed by atoms with van der Waals surface area (Å²) >= 11 is 0. The van der Waals surface area contributed by atoms with Crippen molar-refractivity contribution in [2.45, 2.75) is 71.6 Å². The summed E-state index contributed by atoms with van der Waals surface area (Å²) in [5.41, 5.74) is 0.221. The monoisotopic (exact) mass is 317 g/mol. The molecule has 21 heavy (non-hydrogen) atoms. The van der Waals surface area contributed by atoms with Gasteiger partial charge in [0.1, 0.15) is 9.84 Å². The van der Waals surface area contributed by atoms with Gasteiger partial charge in [-0.15, -0.1) is 0 Å². The molecule has 1 rings (SSSR count). The van der Waals surface area contributed by atoms with Gasteiger partial charge in [0, 0.05) is 12.3 Å². The van der Waals surface area contributed by atoms with Gasteiger partial charge in [-0.05, 0) is 56.9 Å². The van der Waals surface area contributed by atoms with Crippen LogP contribution in [0.5, 0.6) is 0 Å². The molecule has 0 bridgehead atoms. The summed E-state index contributed by atoms with van der Waals surface area (Å²) < 4.78 is 24.0. The maximum atomic E-state index is 12.0. The van der Waals surface area contributed by atoms with Crippen molar-refractivity contribution in [1.82, 2.24) is 5.32 Å². The summed E-state index contributed by atoms with van der Waals surface area (Å²) in [5.74, 6) is 1.60. The summed E-state index contributed by atoms with van der Waals surface area (Å²) in [6, 6.07) is 0. The van der Waals surface area contributed by atoms with E-state index in [9.17, 15) is 8.42 Å². The van der Waals surface area contributed by atoms with Gasteiger partial charge in [0.2, 0.25) is 0 Å². The lowest BCUT2D eigenvalue weighted by Crippen LogP contribution is -2.38. The SMILES string of the molecule is CCCCC1CCC(CCS(=O)(=O)CCC)(CNC)CC1. The Morgan fingerprint density at radius 1 is 1.10 bits per heavy atom. The van der Waals surface area contributed by atoms with Crippen molar-refractivity contribution in [3.05, 3.63) is 0 Å². The van der Waals surface area contributed by atoms with Gasteiger partial charge in [-0.25, -0.2) is 8.42 Å². The van der Waals surface area contributed by atoms with Crippen molar-refractivity contribution >= 4 is 9.84 Å². The lowest BCUT2D eigenvalue weighted by Gasteiger charge is -2.40. The summed E-state index contributed by atoms with van der Waals surface area (Å²) in [6.07, 6.45) is 10.5. The normalized spacial score (nSPS) is 26.9. The third-order valence-electron chi connectivity index (χ3n) is 5.14. The topological polar surface area (TPSA) is 46.2 Å². The van der Waals surface area contributed by atoms with Crippen molar-refractivity contribution in [2.24, 2.45) is 11.3 Å². The fraction of sp³-hybridized carbons (Fsp3) is 1.00. The second-order valence-corrected chi connectivity index (χ2v) is 9.32. The molecule has 4 heteroatoms. The molecule has 0 unspecified atom stereocenters. The largest absolute Gasteiger partial charge is 0.319 e. The standard InChI is InChI=1S/C17H35NO2S/c1-4-6-7-16-8-10-17(11-9-16,15-18-3)12-14-21(19,20)13-5-2/h16,18H,4-15H2,1-3H3. The van der Waals surface area contributed by atoms with Crippen LogP contribution in [-0.2, 0) is 9.84 Å². The van der Waals surface area contributed by atoms with E-state index in [2.05, 4.69) is 12.2 Å². The van der Waals surface area contributed by atoms with Crippen LogP contribution in [0.15, 0.2) is 0 Å². The minimum absolute atomic E-state index is 0.221. The molecule has 0 spiro atoms. The van der Waals surface area contributed by atoms with E-state index in [0.717, 1.165) is 25.3 Å². The Labute approximate surface area is 132 Å². The van der Waals surface area contributed by atoms with Gasteiger partial charge in [0.05, 0.1) is 5.75 Å². The van der Waals surface area contributed by atoms with Crippen LogP contribution in [0.4, 0.5) is 0 Å². The fourth-order valence-corrected chi connectivity index (χ4v) is 5.32. The molecule has 0 aliphatic heterocycles. The summed E-state index contributed by atoms with van der Waals surface area (Å²) in [6.45, 7) is 5.17. The van der Waals surface area contributed by atoms with Crippen molar-refractivity contribution in [2.75, 3.05) is 25.1 Å². The third-order valence-corrected chi connectivity index (χ3v) is 7.00. The highest BCUT2D eigenvalue weighted by Gasteiger charge is 2.35. The molecule has 0 amide bonds. The molecule has 0 aromatic carbocycles. The number of nitrogens with one attached hydrogen (secondary N) is 1. The number of rotatable bonds is 10. The number of unbranched alkanes of at least 4 members (excludes halogenated alkanes) is 1. The van der Waals surface area contributed by atoms with Crippen molar-refractivity contribution in [3.63, 3.8) is 0 Å². The fourth-order valence-electron chi connectivity index (χ4n) is 3.75. The van der Waals surface area contributed by atoms with E-state index in [1.54, 1.807) is 0 Å². The molecule has 1 saturated carbocycles. The van der Waals surface area contributed by atoms with Crippen LogP contribution in [0.1, 0.15) is 71.6 Å². The first kappa shape index (κ1) is 19.0. The van der Waals surface area contributed by atoms with Crippen LogP contribution in [0.2, 0.25) is 0 Å². The molecular formula is C17H35NO2S. The van der Waals surface area contributed by atoms with Gasteiger partial charge in [-0.3, -0.25) is 0 Å². The van der Waals surface area contributed by atoms with Gasteiger partial charge < -0.3 is 5.32 Å². The maximum absolute atomic E-state index is 12.0. The van der Waals surface area contributed by atoms with Crippen LogP contribution < -0.4 is 5.32 Å². The van der Waals surface area contributed by atoms with E-state index in [1.165, 1.54) is 44.9 Å². The maximum Gasteiger partial charge on any atom is 0.150 e. The van der Waals surface area contributed by atoms with Crippen LogP contribution in [0.3, 0.4) is 0 Å². The Morgan fingerprint density at radius 2 is 1.76 bits per heavy atom. The van der Waals surface area contributed by atoms with E-state index < -0.39 is 9.84 Å². The van der Waals surface area contributed by atoms with E-state index in [1.807, 2.05) is 14.0 Å². The highest BCUT2D eigenvalue weighted by Crippen LogP contribution is 2.42. The first-order valence-electron chi connectivity index (χ1n) is 8.82. The molecule has 1 aliphatic carbocycles. The molecule has 3 nitrogen and oxygen atoms in total. The number of sulfone groups is 1. The summed E-state index contributed by atoms with van der Waals surface area (Å²) in [4.78, 5) is 0. The van der Waals surface area contributed by atoms with E-state index in [0.29, 0.717) is 11.5 Å². The molecule has 1 fully saturated rings. The molecular weight excluding hydrogens is 282 g/mol. The highest BCUT2D eigenvalue weighted by molar-refractivity contribution is 7.91. The van der Waals surface area contributed by atoms with E-state index in [-0.39, 0.29) is 5.41 Å². The minimum atomic E-state index is -2.84. The summed E-state index contributed by atoms with van der Waals surface area (Å²) in [7, 11) is -0.851. The lowest BCUT2D eigenvalue weighted by atomic mass is 9.68. The number of hydrogen-bond donors (Lipinski definition) is 1. The average Bonchev–Trinajstić information content (AvgIpc) is 2.45. The van der Waals surface area contributed by atoms with Crippen molar-refractivity contribution in [3.8, 4) is 0 Å². The van der Waals surface area contributed by atoms with Gasteiger partial charge in [0.15, 0.2) is 0 Å². The minimum Gasteiger partial charge on any atom is -0.319 e. The third kappa shape index (κ3) is 6.68. The Morgan fingerprint density at radius 3 is 2.29 bits per heavy atom. The van der Waals surface area contributed by atoms with Gasteiger partial charge in [-0.1, -0.05) is 33.1 Å². The second-order valence-electron chi connectivity index (χ2n) is 7.02.